The van der Waals surface area contributed by atoms with Crippen molar-refractivity contribution in [3.63, 3.8) is 0 Å². The number of nitrogens with zero attached hydrogens (tertiary/aromatic N) is 3. The van der Waals surface area contributed by atoms with E-state index in [9.17, 15) is 4.79 Å². The first-order chi connectivity index (χ1) is 18.4. The van der Waals surface area contributed by atoms with E-state index >= 15 is 0 Å². The summed E-state index contributed by atoms with van der Waals surface area (Å²) in [5, 5.41) is 20.1. The van der Waals surface area contributed by atoms with Gasteiger partial charge in [0.05, 0.1) is 31.7 Å². The predicted octanol–water partition coefficient (Wildman–Crippen LogP) is 4.21. The number of methoxy groups -OCH3 is 1. The van der Waals surface area contributed by atoms with Gasteiger partial charge < -0.3 is 14.8 Å². The van der Waals surface area contributed by atoms with E-state index in [-0.39, 0.29) is 11.9 Å². The molecule has 1 saturated heterocycles. The minimum Gasteiger partial charge on any atom is -0.497 e. The van der Waals surface area contributed by atoms with Crippen LogP contribution in [-0.4, -0.2) is 81.2 Å². The zero-order valence-electron chi connectivity index (χ0n) is 22.3. The van der Waals surface area contributed by atoms with Crippen molar-refractivity contribution < 1.29 is 14.3 Å². The number of carbonyl (C=O) groups is 1. The van der Waals surface area contributed by atoms with Crippen molar-refractivity contribution in [1.82, 2.24) is 10.2 Å². The Morgan fingerprint density at radius 2 is 1.95 bits per heavy atom. The molecule has 1 amide bonds. The van der Waals surface area contributed by atoms with Gasteiger partial charge in [0, 0.05) is 35.8 Å². The summed E-state index contributed by atoms with van der Waals surface area (Å²) in [6, 6.07) is 12.8. The number of halogens is 1. The number of hydrogen-bond acceptors (Lipinski definition) is 7. The Balaban J connectivity index is 0.000000279. The lowest BCUT2D eigenvalue weighted by Crippen LogP contribution is -2.40. The van der Waals surface area contributed by atoms with E-state index in [0.717, 1.165) is 74.7 Å². The van der Waals surface area contributed by atoms with E-state index < -0.39 is 0 Å². The maximum Gasteiger partial charge on any atom is 0.207 e. The van der Waals surface area contributed by atoms with Crippen molar-refractivity contribution in [2.24, 2.45) is 4.99 Å². The Morgan fingerprint density at radius 1 is 1.24 bits per heavy atom. The second-order valence-corrected chi connectivity index (χ2v) is 9.41. The molecule has 2 aliphatic rings. The van der Waals surface area contributed by atoms with Gasteiger partial charge in [-0.3, -0.25) is 30.4 Å². The highest BCUT2D eigenvalue weighted by atomic mass is 35.5. The molecule has 9 nitrogen and oxygen atoms in total. The smallest absolute Gasteiger partial charge is 0.207 e. The van der Waals surface area contributed by atoms with Crippen LogP contribution in [0.5, 0.6) is 5.75 Å². The van der Waals surface area contributed by atoms with Gasteiger partial charge in [0.2, 0.25) is 6.41 Å². The van der Waals surface area contributed by atoms with E-state index in [0.29, 0.717) is 23.0 Å². The van der Waals surface area contributed by atoms with Crippen LogP contribution in [-0.2, 0) is 9.53 Å². The molecule has 1 atom stereocenters. The molecular formula is C28H37ClN6O3. The lowest BCUT2D eigenvalue weighted by molar-refractivity contribution is -0.109. The standard InChI is InChI=1S/C20H21ClN4O.C8H16N2O2/c1-4-17-20(23)25(12(2)22)18-10-9-15(26-3)11-16(18)19(24-17)13-5-7-14(21)8-6-13;11-8-9-2-1-3-10-4-6-12-7-5-10/h5-11,17,22-23H,4H2,1-3H3;8H,1-7H2,(H,9,11)/t17-;/m0./s1. The highest BCUT2D eigenvalue weighted by Gasteiger charge is 2.30. The Hall–Kier alpha value is -3.27. The summed E-state index contributed by atoms with van der Waals surface area (Å²) >= 11 is 6.04. The molecule has 38 heavy (non-hydrogen) atoms. The molecule has 0 aliphatic carbocycles. The number of anilines is 1. The van der Waals surface area contributed by atoms with Crippen molar-refractivity contribution in [1.29, 1.82) is 10.8 Å². The topological polar surface area (TPSA) is 114 Å². The third kappa shape index (κ3) is 7.63. The van der Waals surface area contributed by atoms with E-state index in [1.54, 1.807) is 18.9 Å². The average Bonchev–Trinajstić information content (AvgIpc) is 3.05. The van der Waals surface area contributed by atoms with Gasteiger partial charge in [-0.05, 0) is 56.6 Å². The first-order valence-corrected chi connectivity index (χ1v) is 13.2. The highest BCUT2D eigenvalue weighted by Crippen LogP contribution is 2.32. The maximum atomic E-state index is 9.91. The van der Waals surface area contributed by atoms with E-state index in [4.69, 9.17) is 36.9 Å². The summed E-state index contributed by atoms with van der Waals surface area (Å²) in [5.41, 5.74) is 3.28. The molecule has 3 N–H and O–H groups in total. The molecule has 0 unspecified atom stereocenters. The van der Waals surface area contributed by atoms with Crippen LogP contribution in [0.25, 0.3) is 0 Å². The Morgan fingerprint density at radius 3 is 2.55 bits per heavy atom. The van der Waals surface area contributed by atoms with Crippen molar-refractivity contribution in [3.05, 3.63) is 58.6 Å². The molecule has 0 spiro atoms. The van der Waals surface area contributed by atoms with E-state index in [2.05, 4.69) is 10.2 Å². The molecule has 0 aromatic heterocycles. The molecule has 0 radical (unpaired) electrons. The molecule has 0 saturated carbocycles. The zero-order valence-corrected chi connectivity index (χ0v) is 23.1. The molecule has 10 heteroatoms. The number of amidine groups is 2. The second-order valence-electron chi connectivity index (χ2n) is 8.98. The number of fused-ring (bicyclic) bond motifs is 1. The number of hydrogen-bond donors (Lipinski definition) is 3. The van der Waals surface area contributed by atoms with Gasteiger partial charge in [-0.15, -0.1) is 0 Å². The first kappa shape index (κ1) is 29.3. The molecule has 204 valence electrons. The Labute approximate surface area is 229 Å². The summed E-state index contributed by atoms with van der Waals surface area (Å²) in [7, 11) is 1.62. The number of ether oxygens (including phenoxy) is 2. The van der Waals surface area contributed by atoms with Crippen molar-refractivity contribution in [2.75, 3.05) is 51.4 Å². The number of rotatable bonds is 8. The minimum atomic E-state index is -0.334. The minimum absolute atomic E-state index is 0.285. The molecule has 1 fully saturated rings. The van der Waals surface area contributed by atoms with Crippen molar-refractivity contribution >= 4 is 41.1 Å². The summed E-state index contributed by atoms with van der Waals surface area (Å²) in [6.45, 7) is 9.27. The molecule has 0 bridgehead atoms. The first-order valence-electron chi connectivity index (χ1n) is 12.8. The van der Waals surface area contributed by atoms with Gasteiger partial charge in [-0.1, -0.05) is 30.7 Å². The van der Waals surface area contributed by atoms with Crippen LogP contribution < -0.4 is 15.0 Å². The van der Waals surface area contributed by atoms with Crippen LogP contribution in [0, 0.1) is 10.8 Å². The van der Waals surface area contributed by atoms with Gasteiger partial charge in [0.15, 0.2) is 0 Å². The summed E-state index contributed by atoms with van der Waals surface area (Å²) in [6.07, 6.45) is 2.45. The number of benzene rings is 2. The van der Waals surface area contributed by atoms with Gasteiger partial charge in [-0.2, -0.15) is 0 Å². The molecule has 2 aliphatic heterocycles. The number of benzodiazepines with no additional fused rings is 1. The summed E-state index contributed by atoms with van der Waals surface area (Å²) in [5.74, 6) is 1.29. The van der Waals surface area contributed by atoms with Crippen LogP contribution in [0.1, 0.15) is 37.8 Å². The molecule has 4 rings (SSSR count). The molecular weight excluding hydrogens is 504 g/mol. The maximum absolute atomic E-state index is 9.91. The average molecular weight is 541 g/mol. The normalized spacial score (nSPS) is 17.4. The fourth-order valence-corrected chi connectivity index (χ4v) is 4.49. The van der Waals surface area contributed by atoms with Gasteiger partial charge in [0.25, 0.3) is 0 Å². The monoisotopic (exact) mass is 540 g/mol. The molecule has 2 aromatic carbocycles. The van der Waals surface area contributed by atoms with Gasteiger partial charge in [0.1, 0.15) is 23.5 Å². The van der Waals surface area contributed by atoms with E-state index in [1.165, 1.54) is 0 Å². The van der Waals surface area contributed by atoms with Crippen LogP contribution >= 0.6 is 11.6 Å². The number of morpholine rings is 1. The van der Waals surface area contributed by atoms with Gasteiger partial charge in [-0.25, -0.2) is 0 Å². The van der Waals surface area contributed by atoms with Crippen LogP contribution in [0.3, 0.4) is 0 Å². The Bertz CT molecular complexity index is 1130. The number of nitrogens with one attached hydrogen (secondary N) is 3. The van der Waals surface area contributed by atoms with Crippen LogP contribution in [0.2, 0.25) is 5.02 Å². The van der Waals surface area contributed by atoms with E-state index in [1.807, 2.05) is 49.4 Å². The van der Waals surface area contributed by atoms with Crippen LogP contribution in [0.4, 0.5) is 5.69 Å². The fraction of sp³-hybridized carbons (Fsp3) is 0.429. The zero-order chi connectivity index (χ0) is 27.5. The van der Waals surface area contributed by atoms with Crippen LogP contribution in [0.15, 0.2) is 47.5 Å². The largest absolute Gasteiger partial charge is 0.497 e. The Kier molecular flexibility index (Phi) is 11.3. The fourth-order valence-electron chi connectivity index (χ4n) is 4.36. The highest BCUT2D eigenvalue weighted by molar-refractivity contribution is 6.31. The van der Waals surface area contributed by atoms with Crippen molar-refractivity contribution in [2.45, 2.75) is 32.7 Å². The van der Waals surface area contributed by atoms with Gasteiger partial charge >= 0.3 is 0 Å². The molecule has 2 heterocycles. The number of aliphatic imine (C=N–C) groups is 1. The van der Waals surface area contributed by atoms with Crippen molar-refractivity contribution in [3.8, 4) is 5.75 Å². The molecule has 2 aromatic rings. The second kappa shape index (κ2) is 14.6. The lowest BCUT2D eigenvalue weighted by Gasteiger charge is -2.26. The number of amides is 1. The third-order valence-corrected chi connectivity index (χ3v) is 6.62. The quantitative estimate of drug-likeness (QED) is 0.201. The third-order valence-electron chi connectivity index (χ3n) is 6.36. The number of carbonyl (C=O) groups excluding carboxylic acids is 1. The SMILES string of the molecule is CC[C@@H]1N=C(c2ccc(Cl)cc2)c2cc(OC)ccc2N(C(C)=N)C1=N.O=CNCCCN1CCOCC1. The summed E-state index contributed by atoms with van der Waals surface area (Å²) in [4.78, 5) is 18.8. The summed E-state index contributed by atoms with van der Waals surface area (Å²) < 4.78 is 10.6. The lowest BCUT2D eigenvalue weighted by atomic mass is 9.99. The predicted molar refractivity (Wildman–Crippen MR) is 154 cm³/mol.